The zero-order valence-electron chi connectivity index (χ0n) is 5.57. The Morgan fingerprint density at radius 1 is 1.20 bits per heavy atom. The predicted molar refractivity (Wildman–Crippen MR) is 40.5 cm³/mol. The molecule has 0 aliphatic carbocycles. The molecule has 0 spiro atoms. The lowest BCUT2D eigenvalue weighted by Crippen LogP contribution is -1.84. The van der Waals surface area contributed by atoms with Gasteiger partial charge in [0.25, 0.3) is 0 Å². The van der Waals surface area contributed by atoms with Gasteiger partial charge in [0.2, 0.25) is 9.47 Å². The molecule has 0 bridgehead atoms. The highest BCUT2D eigenvalue weighted by Crippen LogP contribution is 2.26. The lowest BCUT2D eigenvalue weighted by Gasteiger charge is -2.03. The summed E-state index contributed by atoms with van der Waals surface area (Å²) in [7, 11) is 5.24. The molecule has 0 aliphatic heterocycles. The fourth-order valence-corrected chi connectivity index (χ4v) is 0.845. The molecule has 2 nitrogen and oxygen atoms in total. The summed E-state index contributed by atoms with van der Waals surface area (Å²) in [4.78, 5) is 0. The topological polar surface area (TPSA) is 18.5 Å². The molecule has 52 valence electrons. The molecule has 0 heterocycles. The molecule has 0 saturated carbocycles. The van der Waals surface area contributed by atoms with Gasteiger partial charge in [-0.1, -0.05) is 12.1 Å². The summed E-state index contributed by atoms with van der Waals surface area (Å²) >= 11 is 0. The van der Waals surface area contributed by atoms with Crippen LogP contribution in [-0.2, 0) is 0 Å². The predicted octanol–water partition coefficient (Wildman–Crippen LogP) is 2.40. The number of methoxy groups -OCH3 is 1. The molecule has 0 amide bonds. The number of rotatable bonds is 2. The van der Waals surface area contributed by atoms with Crippen molar-refractivity contribution in [2.24, 2.45) is 0 Å². The van der Waals surface area contributed by atoms with Crippen LogP contribution in [0.4, 0.5) is 0 Å². The Morgan fingerprint density at radius 2 is 1.80 bits per heavy atom. The van der Waals surface area contributed by atoms with E-state index in [2.05, 4.69) is 9.47 Å². The second kappa shape index (κ2) is 3.43. The van der Waals surface area contributed by atoms with Crippen LogP contribution in [0.2, 0.25) is 0 Å². The third kappa shape index (κ3) is 1.39. The van der Waals surface area contributed by atoms with Crippen molar-refractivity contribution in [2.45, 2.75) is 0 Å². The van der Waals surface area contributed by atoms with Gasteiger partial charge in [-0.3, -0.25) is 0 Å². The molecule has 0 N–H and O–H groups in total. The van der Waals surface area contributed by atoms with Crippen LogP contribution in [0.15, 0.2) is 24.3 Å². The lowest BCUT2D eigenvalue weighted by atomic mass is 10.3. The van der Waals surface area contributed by atoms with Gasteiger partial charge in [0.1, 0.15) is 0 Å². The summed E-state index contributed by atoms with van der Waals surface area (Å²) in [6, 6.07) is 7.32. The second-order valence-electron chi connectivity index (χ2n) is 1.74. The van der Waals surface area contributed by atoms with Gasteiger partial charge < -0.3 is 9.26 Å². The smallest absolute Gasteiger partial charge is 0.232 e. The van der Waals surface area contributed by atoms with Gasteiger partial charge in [0, 0.05) is 0 Å². The minimum atomic E-state index is 0.633. The van der Waals surface area contributed by atoms with E-state index >= 15 is 0 Å². The lowest BCUT2D eigenvalue weighted by molar-refractivity contribution is 0.399. The van der Waals surface area contributed by atoms with E-state index in [-0.39, 0.29) is 0 Å². The molecule has 0 saturated heterocycles. The van der Waals surface area contributed by atoms with Gasteiger partial charge in [0.15, 0.2) is 11.5 Å². The number of benzene rings is 1. The Labute approximate surface area is 62.4 Å². The fraction of sp³-hybridized carbons (Fsp3) is 0.143. The zero-order chi connectivity index (χ0) is 7.40. The van der Waals surface area contributed by atoms with E-state index in [1.54, 1.807) is 13.2 Å². The van der Waals surface area contributed by atoms with Crippen molar-refractivity contribution < 1.29 is 9.26 Å². The van der Waals surface area contributed by atoms with Crippen LogP contribution in [0, 0.1) is 0 Å². The summed E-state index contributed by atoms with van der Waals surface area (Å²) in [5.74, 6) is 1.32. The molecule has 0 aliphatic rings. The third-order valence-electron chi connectivity index (χ3n) is 1.17. The maximum Gasteiger partial charge on any atom is 0.232 e. The molecule has 1 aromatic rings. The van der Waals surface area contributed by atoms with Crippen molar-refractivity contribution in [1.82, 2.24) is 0 Å². The largest absolute Gasteiger partial charge is 0.493 e. The number of para-hydroxylation sites is 2. The van der Waals surface area contributed by atoms with Crippen LogP contribution in [0.1, 0.15) is 0 Å². The molecule has 1 aromatic carbocycles. The molecule has 2 radical (unpaired) electrons. The quantitative estimate of drug-likeness (QED) is 0.609. The highest BCUT2D eigenvalue weighted by atomic mass is 31.0. The molecule has 0 aromatic heterocycles. The summed E-state index contributed by atoms with van der Waals surface area (Å²) in [6.07, 6.45) is 0. The van der Waals surface area contributed by atoms with E-state index in [4.69, 9.17) is 9.26 Å². The van der Waals surface area contributed by atoms with Gasteiger partial charge in [-0.25, -0.2) is 0 Å². The Balaban J connectivity index is 2.96. The first kappa shape index (κ1) is 7.36. The van der Waals surface area contributed by atoms with Crippen molar-refractivity contribution in [3.63, 3.8) is 0 Å². The van der Waals surface area contributed by atoms with Gasteiger partial charge in [-0.2, -0.15) is 0 Å². The minimum Gasteiger partial charge on any atom is -0.493 e. The van der Waals surface area contributed by atoms with Crippen LogP contribution in [0.25, 0.3) is 0 Å². The van der Waals surface area contributed by atoms with Crippen molar-refractivity contribution in [3.8, 4) is 11.5 Å². The molecular weight excluding hydrogens is 147 g/mol. The monoisotopic (exact) mass is 154 g/mol. The fourth-order valence-electron chi connectivity index (χ4n) is 0.694. The SMILES string of the molecule is COc1ccccc1O[P]. The van der Waals surface area contributed by atoms with Crippen LogP contribution in [-0.4, -0.2) is 7.11 Å². The number of hydrogen-bond acceptors (Lipinski definition) is 2. The minimum absolute atomic E-state index is 0.633. The molecule has 0 atom stereocenters. The number of hydrogen-bond donors (Lipinski definition) is 0. The van der Waals surface area contributed by atoms with E-state index in [0.717, 1.165) is 0 Å². The highest BCUT2D eigenvalue weighted by molar-refractivity contribution is 7.10. The summed E-state index contributed by atoms with van der Waals surface area (Å²) in [5, 5.41) is 0. The average Bonchev–Trinajstić information content (AvgIpc) is 2.04. The summed E-state index contributed by atoms with van der Waals surface area (Å²) < 4.78 is 9.67. The molecule has 3 heteroatoms. The first-order valence-electron chi connectivity index (χ1n) is 2.83. The highest BCUT2D eigenvalue weighted by Gasteiger charge is 1.98. The van der Waals surface area contributed by atoms with Gasteiger partial charge in [0.05, 0.1) is 7.11 Å². The van der Waals surface area contributed by atoms with Crippen molar-refractivity contribution in [1.29, 1.82) is 0 Å². The first-order chi connectivity index (χ1) is 4.88. The third-order valence-corrected chi connectivity index (χ3v) is 1.36. The Bertz CT molecular complexity index is 190. The maximum absolute atomic E-state index is 4.96. The van der Waals surface area contributed by atoms with Crippen LogP contribution in [0.5, 0.6) is 11.5 Å². The van der Waals surface area contributed by atoms with Gasteiger partial charge in [-0.15, -0.1) is 0 Å². The van der Waals surface area contributed by atoms with Crippen LogP contribution < -0.4 is 9.26 Å². The Morgan fingerprint density at radius 3 is 2.20 bits per heavy atom. The van der Waals surface area contributed by atoms with Crippen LogP contribution >= 0.6 is 9.47 Å². The van der Waals surface area contributed by atoms with Crippen molar-refractivity contribution in [2.75, 3.05) is 7.11 Å². The number of ether oxygens (including phenoxy) is 1. The second-order valence-corrected chi connectivity index (χ2v) is 1.92. The standard InChI is InChI=1S/C7H7O2P/c1-8-6-4-2-3-5-7(6)9-10/h2-5H,1H3. The van der Waals surface area contributed by atoms with E-state index < -0.39 is 0 Å². The molecular formula is C7H7O2P. The summed E-state index contributed by atoms with van der Waals surface area (Å²) in [6.45, 7) is 0. The maximum atomic E-state index is 4.96. The Hall–Kier alpha value is -0.750. The zero-order valence-corrected chi connectivity index (χ0v) is 6.47. The van der Waals surface area contributed by atoms with Gasteiger partial charge in [-0.05, 0) is 12.1 Å². The molecule has 0 fully saturated rings. The van der Waals surface area contributed by atoms with E-state index in [1.165, 1.54) is 0 Å². The van der Waals surface area contributed by atoms with E-state index in [0.29, 0.717) is 11.5 Å². The van der Waals surface area contributed by atoms with E-state index in [9.17, 15) is 0 Å². The van der Waals surface area contributed by atoms with Gasteiger partial charge >= 0.3 is 0 Å². The Kier molecular flexibility index (Phi) is 2.52. The van der Waals surface area contributed by atoms with Crippen molar-refractivity contribution >= 4 is 9.47 Å². The first-order valence-corrected chi connectivity index (χ1v) is 3.19. The molecule has 1 rings (SSSR count). The van der Waals surface area contributed by atoms with Crippen LogP contribution in [0.3, 0.4) is 0 Å². The van der Waals surface area contributed by atoms with Crippen molar-refractivity contribution in [3.05, 3.63) is 24.3 Å². The average molecular weight is 154 g/mol. The molecule has 0 unspecified atom stereocenters. The summed E-state index contributed by atoms with van der Waals surface area (Å²) in [5.41, 5.74) is 0. The van der Waals surface area contributed by atoms with E-state index in [1.807, 2.05) is 18.2 Å². The molecule has 10 heavy (non-hydrogen) atoms. The normalized spacial score (nSPS) is 9.00.